The number of hydrazone groups is 1. The van der Waals surface area contributed by atoms with Gasteiger partial charge in [-0.15, -0.1) is 0 Å². The zero-order chi connectivity index (χ0) is 17.7. The number of carbonyl (C=O) groups is 1. The Hall–Kier alpha value is -2.15. The molecule has 0 unspecified atom stereocenters. The number of amides is 1. The molecule has 0 saturated carbocycles. The number of nitrogens with zero attached hydrogens (tertiary/aromatic N) is 4. The summed E-state index contributed by atoms with van der Waals surface area (Å²) < 4.78 is 2.20. The first-order valence-electron chi connectivity index (χ1n) is 7.84. The molecule has 24 heavy (non-hydrogen) atoms. The minimum absolute atomic E-state index is 0.177. The van der Waals surface area contributed by atoms with Crippen LogP contribution in [0.15, 0.2) is 22.4 Å². The van der Waals surface area contributed by atoms with Crippen LogP contribution in [-0.4, -0.2) is 32.4 Å². The summed E-state index contributed by atoms with van der Waals surface area (Å²) in [7, 11) is 0. The largest absolute Gasteiger partial charge is 0.349 e. The van der Waals surface area contributed by atoms with Crippen LogP contribution in [0, 0.1) is 27.7 Å². The molecule has 128 valence electrons. The van der Waals surface area contributed by atoms with E-state index in [4.69, 9.17) is 0 Å². The molecule has 0 atom stereocenters. The number of carbonyl (C=O) groups excluding carboxylic acids is 1. The van der Waals surface area contributed by atoms with Crippen molar-refractivity contribution in [2.24, 2.45) is 5.10 Å². The van der Waals surface area contributed by atoms with Gasteiger partial charge in [-0.3, -0.25) is 4.79 Å². The van der Waals surface area contributed by atoms with Crippen LogP contribution in [-0.2, 0) is 11.3 Å². The SMILES string of the molecule is CCn1c(C)cc(/C=N\NC(=O)CSc2nc(C)cc(C)n2)c1C. The molecule has 2 heterocycles. The van der Waals surface area contributed by atoms with Crippen molar-refractivity contribution in [2.45, 2.75) is 46.3 Å². The number of rotatable bonds is 6. The van der Waals surface area contributed by atoms with Crippen LogP contribution < -0.4 is 5.43 Å². The zero-order valence-corrected chi connectivity index (χ0v) is 15.6. The molecule has 0 bridgehead atoms. The highest BCUT2D eigenvalue weighted by Crippen LogP contribution is 2.14. The average molecular weight is 345 g/mol. The molecule has 6 nitrogen and oxygen atoms in total. The average Bonchev–Trinajstić information content (AvgIpc) is 2.78. The summed E-state index contributed by atoms with van der Waals surface area (Å²) in [4.78, 5) is 20.5. The fourth-order valence-electron chi connectivity index (χ4n) is 2.54. The maximum atomic E-state index is 11.9. The standard InChI is InChI=1S/C17H23N5OS/c1-6-22-13(4)8-15(14(22)5)9-18-21-16(23)10-24-17-19-11(2)7-12(3)20-17/h7-9H,6,10H2,1-5H3,(H,21,23)/b18-9-. The summed E-state index contributed by atoms with van der Waals surface area (Å²) in [5, 5.41) is 4.66. The van der Waals surface area contributed by atoms with Gasteiger partial charge < -0.3 is 4.57 Å². The number of nitrogens with one attached hydrogen (secondary N) is 1. The molecule has 2 rings (SSSR count). The Morgan fingerprint density at radius 3 is 2.50 bits per heavy atom. The molecule has 2 aromatic rings. The van der Waals surface area contributed by atoms with Crippen molar-refractivity contribution >= 4 is 23.9 Å². The highest BCUT2D eigenvalue weighted by Gasteiger charge is 2.07. The molecule has 0 aliphatic rings. The van der Waals surface area contributed by atoms with E-state index < -0.39 is 0 Å². The van der Waals surface area contributed by atoms with E-state index in [1.165, 1.54) is 17.5 Å². The highest BCUT2D eigenvalue weighted by molar-refractivity contribution is 7.99. The minimum Gasteiger partial charge on any atom is -0.349 e. The molecule has 7 heteroatoms. The van der Waals surface area contributed by atoms with Crippen molar-refractivity contribution in [2.75, 3.05) is 5.75 Å². The molecule has 0 aliphatic heterocycles. The fraction of sp³-hybridized carbons (Fsp3) is 0.412. The maximum absolute atomic E-state index is 11.9. The predicted molar refractivity (Wildman–Crippen MR) is 97.5 cm³/mol. The molecular formula is C17H23N5OS. The van der Waals surface area contributed by atoms with E-state index in [9.17, 15) is 4.79 Å². The molecule has 0 aromatic carbocycles. The summed E-state index contributed by atoms with van der Waals surface area (Å²) in [5.74, 6) is 0.0529. The first kappa shape index (κ1) is 18.2. The van der Waals surface area contributed by atoms with Crippen LogP contribution in [0.25, 0.3) is 0 Å². The van der Waals surface area contributed by atoms with E-state index in [0.717, 1.165) is 29.2 Å². The topological polar surface area (TPSA) is 72.2 Å². The van der Waals surface area contributed by atoms with Gasteiger partial charge in [-0.2, -0.15) is 5.10 Å². The molecular weight excluding hydrogens is 322 g/mol. The fourth-order valence-corrected chi connectivity index (χ4v) is 3.28. The van der Waals surface area contributed by atoms with Crippen molar-refractivity contribution in [1.29, 1.82) is 0 Å². The second-order valence-electron chi connectivity index (χ2n) is 5.59. The summed E-state index contributed by atoms with van der Waals surface area (Å²) in [6, 6.07) is 3.97. The third-order valence-electron chi connectivity index (χ3n) is 3.62. The lowest BCUT2D eigenvalue weighted by molar-refractivity contribution is -0.118. The summed E-state index contributed by atoms with van der Waals surface area (Å²) in [6.07, 6.45) is 1.68. The smallest absolute Gasteiger partial charge is 0.250 e. The van der Waals surface area contributed by atoms with Gasteiger partial charge in [0.05, 0.1) is 12.0 Å². The zero-order valence-electron chi connectivity index (χ0n) is 14.8. The highest BCUT2D eigenvalue weighted by atomic mass is 32.2. The second kappa shape index (κ2) is 8.10. The van der Waals surface area contributed by atoms with Gasteiger partial charge in [-0.05, 0) is 46.8 Å². The van der Waals surface area contributed by atoms with Crippen molar-refractivity contribution in [1.82, 2.24) is 20.0 Å². The molecule has 1 amide bonds. The normalized spacial score (nSPS) is 11.2. The van der Waals surface area contributed by atoms with E-state index in [2.05, 4.69) is 45.0 Å². The van der Waals surface area contributed by atoms with Gasteiger partial charge in [0.15, 0.2) is 5.16 Å². The van der Waals surface area contributed by atoms with E-state index in [1.807, 2.05) is 26.8 Å². The van der Waals surface area contributed by atoms with Gasteiger partial charge in [0.25, 0.3) is 5.91 Å². The number of hydrogen-bond acceptors (Lipinski definition) is 5. The van der Waals surface area contributed by atoms with Crippen molar-refractivity contribution in [3.8, 4) is 0 Å². The number of aryl methyl sites for hydroxylation is 3. The summed E-state index contributed by atoms with van der Waals surface area (Å²) >= 11 is 1.30. The van der Waals surface area contributed by atoms with Crippen molar-refractivity contribution in [3.05, 3.63) is 40.5 Å². The summed E-state index contributed by atoms with van der Waals surface area (Å²) in [6.45, 7) is 11.0. The van der Waals surface area contributed by atoms with Crippen molar-refractivity contribution < 1.29 is 4.79 Å². The molecule has 0 spiro atoms. The first-order chi connectivity index (χ1) is 11.4. The molecule has 1 N–H and O–H groups in total. The molecule has 0 saturated heterocycles. The van der Waals surface area contributed by atoms with E-state index >= 15 is 0 Å². The van der Waals surface area contributed by atoms with Crippen LogP contribution in [0.5, 0.6) is 0 Å². The monoisotopic (exact) mass is 345 g/mol. The third kappa shape index (κ3) is 4.67. The van der Waals surface area contributed by atoms with E-state index in [0.29, 0.717) is 5.16 Å². The van der Waals surface area contributed by atoms with Crippen LogP contribution in [0.1, 0.15) is 35.3 Å². The lowest BCUT2D eigenvalue weighted by atomic mass is 10.3. The quantitative estimate of drug-likeness (QED) is 0.378. The molecule has 2 aromatic heterocycles. The Morgan fingerprint density at radius 1 is 1.25 bits per heavy atom. The predicted octanol–water partition coefficient (Wildman–Crippen LogP) is 2.77. The van der Waals surface area contributed by atoms with Crippen LogP contribution in [0.3, 0.4) is 0 Å². The maximum Gasteiger partial charge on any atom is 0.250 e. The molecule has 0 fully saturated rings. The van der Waals surface area contributed by atoms with Gasteiger partial charge in [-0.1, -0.05) is 11.8 Å². The van der Waals surface area contributed by atoms with Crippen LogP contribution in [0.2, 0.25) is 0 Å². The molecule has 0 radical (unpaired) electrons. The Kier molecular flexibility index (Phi) is 6.14. The van der Waals surface area contributed by atoms with Crippen molar-refractivity contribution in [3.63, 3.8) is 0 Å². The van der Waals surface area contributed by atoms with Gasteiger partial charge in [0.1, 0.15) is 0 Å². The summed E-state index contributed by atoms with van der Waals surface area (Å²) in [5.41, 5.74) is 7.69. The first-order valence-corrected chi connectivity index (χ1v) is 8.83. The second-order valence-corrected chi connectivity index (χ2v) is 6.53. The molecule has 0 aliphatic carbocycles. The minimum atomic E-state index is -0.177. The Bertz CT molecular complexity index is 746. The number of thioether (sulfide) groups is 1. The van der Waals surface area contributed by atoms with Gasteiger partial charge in [-0.25, -0.2) is 15.4 Å². The van der Waals surface area contributed by atoms with Gasteiger partial charge >= 0.3 is 0 Å². The van der Waals surface area contributed by atoms with E-state index in [1.54, 1.807) is 6.21 Å². The van der Waals surface area contributed by atoms with Crippen LogP contribution in [0.4, 0.5) is 0 Å². The third-order valence-corrected chi connectivity index (χ3v) is 4.46. The Morgan fingerprint density at radius 2 is 1.92 bits per heavy atom. The number of hydrogen-bond donors (Lipinski definition) is 1. The Balaban J connectivity index is 1.89. The van der Waals surface area contributed by atoms with Gasteiger partial charge in [0, 0.05) is 34.9 Å². The lowest BCUT2D eigenvalue weighted by Crippen LogP contribution is -2.19. The van der Waals surface area contributed by atoms with Gasteiger partial charge in [0.2, 0.25) is 0 Å². The Labute approximate surface area is 146 Å². The number of aromatic nitrogens is 3. The van der Waals surface area contributed by atoms with Crippen LogP contribution >= 0.6 is 11.8 Å². The van der Waals surface area contributed by atoms with E-state index in [-0.39, 0.29) is 11.7 Å². The lowest BCUT2D eigenvalue weighted by Gasteiger charge is -2.04.